The number of nitrogens with two attached hydrogens (primary N) is 1. The molecule has 114 valence electrons. The van der Waals surface area contributed by atoms with Gasteiger partial charge in [-0.15, -0.1) is 0 Å². The van der Waals surface area contributed by atoms with Crippen LogP contribution in [-0.4, -0.2) is 35.8 Å². The van der Waals surface area contributed by atoms with Gasteiger partial charge in [-0.25, -0.2) is 4.39 Å². The number of anilines is 1. The highest BCUT2D eigenvalue weighted by atomic mass is 19.1. The fourth-order valence-corrected chi connectivity index (χ4v) is 2.54. The molecule has 0 spiro atoms. The summed E-state index contributed by atoms with van der Waals surface area (Å²) in [7, 11) is 0. The standard InChI is InChI=1S/C15H20FN3O2/c1-10(19-8-6-11(7-9-19)14(17)20)15(21)18-13-5-3-2-4-12(13)16/h2-5,10-11H,6-9H2,1H3,(H2,17,20)(H,18,21)/t10-/m1/s1. The van der Waals surface area contributed by atoms with E-state index in [1.807, 2.05) is 4.90 Å². The van der Waals surface area contributed by atoms with Gasteiger partial charge in [0.25, 0.3) is 0 Å². The summed E-state index contributed by atoms with van der Waals surface area (Å²) in [5, 5.41) is 2.59. The maximum atomic E-state index is 13.5. The Kier molecular flexibility index (Phi) is 4.90. The van der Waals surface area contributed by atoms with E-state index in [9.17, 15) is 14.0 Å². The van der Waals surface area contributed by atoms with E-state index in [2.05, 4.69) is 5.32 Å². The maximum absolute atomic E-state index is 13.5. The predicted molar refractivity (Wildman–Crippen MR) is 78.0 cm³/mol. The van der Waals surface area contributed by atoms with Crippen LogP contribution in [0.25, 0.3) is 0 Å². The number of hydrogen-bond acceptors (Lipinski definition) is 3. The quantitative estimate of drug-likeness (QED) is 0.880. The molecule has 0 saturated carbocycles. The molecule has 0 bridgehead atoms. The number of amides is 2. The highest BCUT2D eigenvalue weighted by Crippen LogP contribution is 2.20. The van der Waals surface area contributed by atoms with Gasteiger partial charge in [0.15, 0.2) is 0 Å². The SMILES string of the molecule is C[C@H](C(=O)Nc1ccccc1F)N1CCC(C(N)=O)CC1. The number of benzene rings is 1. The van der Waals surface area contributed by atoms with Crippen LogP contribution in [0.1, 0.15) is 19.8 Å². The zero-order valence-corrected chi connectivity index (χ0v) is 12.0. The lowest BCUT2D eigenvalue weighted by Crippen LogP contribution is -2.47. The van der Waals surface area contributed by atoms with Crippen molar-refractivity contribution in [2.24, 2.45) is 11.7 Å². The van der Waals surface area contributed by atoms with Crippen molar-refractivity contribution < 1.29 is 14.0 Å². The Labute approximate surface area is 123 Å². The van der Waals surface area contributed by atoms with Crippen LogP contribution in [-0.2, 0) is 9.59 Å². The van der Waals surface area contributed by atoms with Crippen LogP contribution in [0.3, 0.4) is 0 Å². The average molecular weight is 293 g/mol. The average Bonchev–Trinajstić information content (AvgIpc) is 2.49. The number of hydrogen-bond donors (Lipinski definition) is 2. The van der Waals surface area contributed by atoms with E-state index in [1.165, 1.54) is 12.1 Å². The van der Waals surface area contributed by atoms with Gasteiger partial charge < -0.3 is 11.1 Å². The molecular weight excluding hydrogens is 273 g/mol. The van der Waals surface area contributed by atoms with Gasteiger partial charge in [0.1, 0.15) is 5.82 Å². The second-order valence-corrected chi connectivity index (χ2v) is 5.36. The first-order valence-corrected chi connectivity index (χ1v) is 7.08. The molecule has 0 unspecified atom stereocenters. The molecule has 21 heavy (non-hydrogen) atoms. The van der Waals surface area contributed by atoms with Gasteiger partial charge in [0.2, 0.25) is 11.8 Å². The van der Waals surface area contributed by atoms with Crippen LogP contribution in [0, 0.1) is 11.7 Å². The Morgan fingerprint density at radius 3 is 2.52 bits per heavy atom. The fourth-order valence-electron chi connectivity index (χ4n) is 2.54. The number of carbonyl (C=O) groups is 2. The van der Waals surface area contributed by atoms with Gasteiger partial charge >= 0.3 is 0 Å². The van der Waals surface area contributed by atoms with Gasteiger partial charge in [-0.2, -0.15) is 0 Å². The Morgan fingerprint density at radius 2 is 1.95 bits per heavy atom. The molecule has 3 N–H and O–H groups in total. The van der Waals surface area contributed by atoms with Crippen molar-refractivity contribution in [2.75, 3.05) is 18.4 Å². The molecule has 1 saturated heterocycles. The van der Waals surface area contributed by atoms with E-state index in [1.54, 1.807) is 19.1 Å². The zero-order valence-electron chi connectivity index (χ0n) is 12.0. The van der Waals surface area contributed by atoms with E-state index in [4.69, 9.17) is 5.73 Å². The van der Waals surface area contributed by atoms with Crippen molar-refractivity contribution in [3.63, 3.8) is 0 Å². The van der Waals surface area contributed by atoms with Crippen molar-refractivity contribution in [1.82, 2.24) is 4.90 Å². The lowest BCUT2D eigenvalue weighted by atomic mass is 9.95. The molecule has 1 aromatic carbocycles. The summed E-state index contributed by atoms with van der Waals surface area (Å²) in [6.07, 6.45) is 1.32. The lowest BCUT2D eigenvalue weighted by Gasteiger charge is -2.34. The van der Waals surface area contributed by atoms with Crippen LogP contribution in [0.5, 0.6) is 0 Å². The summed E-state index contributed by atoms with van der Waals surface area (Å²) in [6.45, 7) is 3.06. The minimum atomic E-state index is -0.453. The zero-order chi connectivity index (χ0) is 15.4. The number of nitrogens with zero attached hydrogens (tertiary/aromatic N) is 1. The fraction of sp³-hybridized carbons (Fsp3) is 0.467. The highest BCUT2D eigenvalue weighted by Gasteiger charge is 2.28. The van der Waals surface area contributed by atoms with Crippen molar-refractivity contribution >= 4 is 17.5 Å². The Hall–Kier alpha value is -1.95. The molecule has 1 aliphatic rings. The minimum absolute atomic E-state index is 0.108. The van der Waals surface area contributed by atoms with Crippen molar-refractivity contribution in [3.05, 3.63) is 30.1 Å². The molecule has 6 heteroatoms. The molecule has 2 rings (SSSR count). The monoisotopic (exact) mass is 293 g/mol. The first-order valence-electron chi connectivity index (χ1n) is 7.08. The van der Waals surface area contributed by atoms with Gasteiger partial charge in [-0.3, -0.25) is 14.5 Å². The van der Waals surface area contributed by atoms with Gasteiger partial charge in [-0.05, 0) is 45.0 Å². The number of carbonyl (C=O) groups excluding carboxylic acids is 2. The van der Waals surface area contributed by atoms with E-state index in [0.29, 0.717) is 25.9 Å². The maximum Gasteiger partial charge on any atom is 0.241 e. The molecule has 0 radical (unpaired) electrons. The molecule has 1 heterocycles. The molecule has 0 aromatic heterocycles. The minimum Gasteiger partial charge on any atom is -0.369 e. The number of likely N-dealkylation sites (tertiary alicyclic amines) is 1. The normalized spacial score (nSPS) is 18.2. The summed E-state index contributed by atoms with van der Waals surface area (Å²) in [5.74, 6) is -1.09. The summed E-state index contributed by atoms with van der Waals surface area (Å²) in [5.41, 5.74) is 5.47. The van der Waals surface area contributed by atoms with E-state index in [-0.39, 0.29) is 29.5 Å². The van der Waals surface area contributed by atoms with Crippen LogP contribution >= 0.6 is 0 Å². The van der Waals surface area contributed by atoms with Crippen LogP contribution in [0.4, 0.5) is 10.1 Å². The number of nitrogens with one attached hydrogen (secondary N) is 1. The van der Waals surface area contributed by atoms with Crippen molar-refractivity contribution in [1.29, 1.82) is 0 Å². The van der Waals surface area contributed by atoms with Crippen molar-refractivity contribution in [3.8, 4) is 0 Å². The first-order chi connectivity index (χ1) is 9.99. The van der Waals surface area contributed by atoms with Crippen molar-refractivity contribution in [2.45, 2.75) is 25.8 Å². The molecular formula is C15H20FN3O2. The lowest BCUT2D eigenvalue weighted by molar-refractivity contribution is -0.124. The second-order valence-electron chi connectivity index (χ2n) is 5.36. The molecule has 1 fully saturated rings. The smallest absolute Gasteiger partial charge is 0.241 e. The van der Waals surface area contributed by atoms with Crippen LogP contribution in [0.15, 0.2) is 24.3 Å². The Morgan fingerprint density at radius 1 is 1.33 bits per heavy atom. The third-order valence-corrected chi connectivity index (χ3v) is 3.99. The first kappa shape index (κ1) is 15.4. The van der Waals surface area contributed by atoms with Gasteiger partial charge in [-0.1, -0.05) is 12.1 Å². The van der Waals surface area contributed by atoms with Gasteiger partial charge in [0.05, 0.1) is 11.7 Å². The summed E-state index contributed by atoms with van der Waals surface area (Å²) < 4.78 is 13.5. The number of piperidine rings is 1. The van der Waals surface area contributed by atoms with Gasteiger partial charge in [0, 0.05) is 5.92 Å². The largest absolute Gasteiger partial charge is 0.369 e. The van der Waals surface area contributed by atoms with E-state index in [0.717, 1.165) is 0 Å². The number of para-hydroxylation sites is 1. The number of rotatable bonds is 4. The summed E-state index contributed by atoms with van der Waals surface area (Å²) in [6, 6.07) is 5.70. The highest BCUT2D eigenvalue weighted by molar-refractivity contribution is 5.94. The molecule has 1 aromatic rings. The third kappa shape index (κ3) is 3.78. The van der Waals surface area contributed by atoms with Crippen LogP contribution in [0.2, 0.25) is 0 Å². The van der Waals surface area contributed by atoms with E-state index >= 15 is 0 Å². The number of primary amides is 1. The third-order valence-electron chi connectivity index (χ3n) is 3.99. The van der Waals surface area contributed by atoms with E-state index < -0.39 is 5.82 Å². The Bertz CT molecular complexity index is 527. The Balaban J connectivity index is 1.92. The summed E-state index contributed by atoms with van der Waals surface area (Å²) >= 11 is 0. The molecule has 0 aliphatic carbocycles. The molecule has 2 amide bonds. The van der Waals surface area contributed by atoms with Crippen LogP contribution < -0.4 is 11.1 Å². The second kappa shape index (κ2) is 6.67. The molecule has 1 atom stereocenters. The number of halogens is 1. The molecule has 1 aliphatic heterocycles. The summed E-state index contributed by atoms with van der Waals surface area (Å²) in [4.78, 5) is 25.3. The topological polar surface area (TPSA) is 75.4 Å². The predicted octanol–water partition coefficient (Wildman–Crippen LogP) is 1.35. The molecule has 5 nitrogen and oxygen atoms in total.